The van der Waals surface area contributed by atoms with Crippen LogP contribution in [0.2, 0.25) is 0 Å². The number of benzene rings is 1. The Morgan fingerprint density at radius 1 is 1.06 bits per heavy atom. The molecule has 0 heterocycles. The van der Waals surface area contributed by atoms with Crippen molar-refractivity contribution in [2.24, 2.45) is 0 Å². The number of hydrogen-bond acceptors (Lipinski definition) is 5. The molecule has 0 bridgehead atoms. The van der Waals surface area contributed by atoms with E-state index in [1.807, 2.05) is 0 Å². The van der Waals surface area contributed by atoms with E-state index in [9.17, 15) is 14.4 Å². The molecule has 0 fully saturated rings. The summed E-state index contributed by atoms with van der Waals surface area (Å²) in [4.78, 5) is 37.1. The van der Waals surface area contributed by atoms with Crippen molar-refractivity contribution in [1.29, 1.82) is 0 Å². The van der Waals surface area contributed by atoms with Crippen molar-refractivity contribution >= 4 is 23.5 Å². The summed E-state index contributed by atoms with van der Waals surface area (Å²) in [7, 11) is 0. The van der Waals surface area contributed by atoms with Crippen LogP contribution in [0, 0.1) is 0 Å². The first kappa shape index (κ1) is 12.7. The van der Waals surface area contributed by atoms with Gasteiger partial charge in [-0.2, -0.15) is 0 Å². The SMILES string of the molecule is CC(=O)NC(=O)c1ccc(NOC(C)=O)cc1. The molecule has 1 aromatic rings. The van der Waals surface area contributed by atoms with E-state index in [1.54, 1.807) is 12.1 Å². The summed E-state index contributed by atoms with van der Waals surface area (Å²) in [6.07, 6.45) is 0. The first-order chi connectivity index (χ1) is 7.99. The molecule has 2 N–H and O–H groups in total. The molecule has 17 heavy (non-hydrogen) atoms. The molecular weight excluding hydrogens is 224 g/mol. The van der Waals surface area contributed by atoms with E-state index < -0.39 is 17.8 Å². The summed E-state index contributed by atoms with van der Waals surface area (Å²) in [5, 5.41) is 2.15. The molecule has 0 aliphatic rings. The standard InChI is InChI=1S/C11H12N2O4/c1-7(14)12-11(16)9-3-5-10(6-4-9)13-17-8(2)15/h3-6,13H,1-2H3,(H,12,14,16). The zero-order valence-electron chi connectivity index (χ0n) is 9.44. The molecular formula is C11H12N2O4. The Morgan fingerprint density at radius 2 is 1.65 bits per heavy atom. The summed E-state index contributed by atoms with van der Waals surface area (Å²) in [6.45, 7) is 2.52. The summed E-state index contributed by atoms with van der Waals surface area (Å²) >= 11 is 0. The molecule has 6 nitrogen and oxygen atoms in total. The maximum Gasteiger partial charge on any atom is 0.329 e. The van der Waals surface area contributed by atoms with Crippen molar-refractivity contribution in [3.63, 3.8) is 0 Å². The summed E-state index contributed by atoms with van der Waals surface area (Å²) in [5.74, 6) is -1.36. The summed E-state index contributed by atoms with van der Waals surface area (Å²) in [6, 6.07) is 6.12. The number of imide groups is 1. The minimum atomic E-state index is -0.475. The van der Waals surface area contributed by atoms with Crippen LogP contribution in [0.4, 0.5) is 5.69 Å². The predicted octanol–water partition coefficient (Wildman–Crippen LogP) is 0.853. The van der Waals surface area contributed by atoms with Crippen LogP contribution < -0.4 is 10.8 Å². The molecule has 0 radical (unpaired) electrons. The van der Waals surface area contributed by atoms with Crippen LogP contribution >= 0.6 is 0 Å². The highest BCUT2D eigenvalue weighted by Crippen LogP contribution is 2.09. The van der Waals surface area contributed by atoms with Gasteiger partial charge in [0.2, 0.25) is 5.91 Å². The van der Waals surface area contributed by atoms with E-state index in [4.69, 9.17) is 0 Å². The van der Waals surface area contributed by atoms with Crippen LogP contribution in [-0.2, 0) is 14.4 Å². The smallest absolute Gasteiger partial charge is 0.329 e. The van der Waals surface area contributed by atoms with E-state index in [0.717, 1.165) is 0 Å². The second-order valence-electron chi connectivity index (χ2n) is 3.28. The van der Waals surface area contributed by atoms with Gasteiger partial charge in [-0.05, 0) is 24.3 Å². The fourth-order valence-corrected chi connectivity index (χ4v) is 1.05. The lowest BCUT2D eigenvalue weighted by atomic mass is 10.2. The number of amides is 2. The second kappa shape index (κ2) is 5.64. The highest BCUT2D eigenvalue weighted by Gasteiger charge is 2.06. The summed E-state index contributed by atoms with van der Waals surface area (Å²) in [5.41, 5.74) is 3.27. The van der Waals surface area contributed by atoms with Crippen molar-refractivity contribution in [3.8, 4) is 0 Å². The molecule has 0 aromatic heterocycles. The molecule has 1 aromatic carbocycles. The molecule has 0 aliphatic carbocycles. The van der Waals surface area contributed by atoms with Crippen LogP contribution in [0.5, 0.6) is 0 Å². The Hall–Kier alpha value is -2.37. The Bertz CT molecular complexity index is 439. The number of hydrogen-bond donors (Lipinski definition) is 2. The van der Waals surface area contributed by atoms with Crippen LogP contribution in [0.3, 0.4) is 0 Å². The van der Waals surface area contributed by atoms with Crippen molar-refractivity contribution < 1.29 is 19.2 Å². The molecule has 0 saturated carbocycles. The van der Waals surface area contributed by atoms with Gasteiger partial charge in [0.15, 0.2) is 0 Å². The van der Waals surface area contributed by atoms with Crippen molar-refractivity contribution in [3.05, 3.63) is 29.8 Å². The van der Waals surface area contributed by atoms with E-state index in [-0.39, 0.29) is 0 Å². The zero-order chi connectivity index (χ0) is 12.8. The second-order valence-corrected chi connectivity index (χ2v) is 3.28. The third kappa shape index (κ3) is 4.33. The zero-order valence-corrected chi connectivity index (χ0v) is 9.44. The highest BCUT2D eigenvalue weighted by molar-refractivity contribution is 6.04. The van der Waals surface area contributed by atoms with E-state index in [1.165, 1.54) is 26.0 Å². The normalized spacial score (nSPS) is 9.29. The number of carbonyl (C=O) groups excluding carboxylic acids is 3. The van der Waals surface area contributed by atoms with Crippen molar-refractivity contribution in [2.45, 2.75) is 13.8 Å². The van der Waals surface area contributed by atoms with Crippen molar-refractivity contribution in [1.82, 2.24) is 5.32 Å². The van der Waals surface area contributed by atoms with Gasteiger partial charge in [-0.3, -0.25) is 19.7 Å². The molecule has 1 rings (SSSR count). The number of nitrogens with one attached hydrogen (secondary N) is 2. The molecule has 0 unspecified atom stereocenters. The molecule has 6 heteroatoms. The van der Waals surface area contributed by atoms with Gasteiger partial charge in [0, 0.05) is 19.4 Å². The van der Waals surface area contributed by atoms with Gasteiger partial charge in [0.1, 0.15) is 0 Å². The summed E-state index contributed by atoms with van der Waals surface area (Å²) < 4.78 is 0. The van der Waals surface area contributed by atoms with Crippen LogP contribution in [0.25, 0.3) is 0 Å². The van der Waals surface area contributed by atoms with Crippen LogP contribution in [0.1, 0.15) is 24.2 Å². The maximum absolute atomic E-state index is 11.4. The monoisotopic (exact) mass is 236 g/mol. The molecule has 0 saturated heterocycles. The molecule has 90 valence electrons. The lowest BCUT2D eigenvalue weighted by Gasteiger charge is -2.05. The van der Waals surface area contributed by atoms with Gasteiger partial charge in [0.25, 0.3) is 5.91 Å². The first-order valence-corrected chi connectivity index (χ1v) is 4.84. The number of anilines is 1. The molecule has 0 spiro atoms. The van der Waals surface area contributed by atoms with Gasteiger partial charge in [0.05, 0.1) is 5.69 Å². The lowest BCUT2D eigenvalue weighted by Crippen LogP contribution is -2.27. The van der Waals surface area contributed by atoms with E-state index >= 15 is 0 Å². The van der Waals surface area contributed by atoms with Crippen LogP contribution in [-0.4, -0.2) is 17.8 Å². The Labute approximate surface area is 97.9 Å². The highest BCUT2D eigenvalue weighted by atomic mass is 16.7. The Morgan fingerprint density at radius 3 is 2.12 bits per heavy atom. The largest absolute Gasteiger partial charge is 0.344 e. The number of rotatable bonds is 3. The average molecular weight is 236 g/mol. The topological polar surface area (TPSA) is 84.5 Å². The van der Waals surface area contributed by atoms with Gasteiger partial charge >= 0.3 is 5.97 Å². The number of carbonyl (C=O) groups is 3. The average Bonchev–Trinajstić information content (AvgIpc) is 2.26. The minimum absolute atomic E-state index is 0.341. The van der Waals surface area contributed by atoms with Gasteiger partial charge in [-0.25, -0.2) is 5.48 Å². The quantitative estimate of drug-likeness (QED) is 0.760. The van der Waals surface area contributed by atoms with E-state index in [0.29, 0.717) is 11.3 Å². The minimum Gasteiger partial charge on any atom is -0.344 e. The first-order valence-electron chi connectivity index (χ1n) is 4.84. The van der Waals surface area contributed by atoms with Gasteiger partial charge in [-0.15, -0.1) is 0 Å². The van der Waals surface area contributed by atoms with Gasteiger partial charge < -0.3 is 4.84 Å². The Kier molecular flexibility index (Phi) is 4.21. The third-order valence-electron chi connectivity index (χ3n) is 1.75. The molecule has 2 amide bonds. The van der Waals surface area contributed by atoms with Gasteiger partial charge in [-0.1, -0.05) is 0 Å². The third-order valence-corrected chi connectivity index (χ3v) is 1.75. The van der Waals surface area contributed by atoms with E-state index in [2.05, 4.69) is 15.6 Å². The Balaban J connectivity index is 2.64. The maximum atomic E-state index is 11.4. The lowest BCUT2D eigenvalue weighted by molar-refractivity contribution is -0.138. The fourth-order valence-electron chi connectivity index (χ4n) is 1.05. The fraction of sp³-hybridized carbons (Fsp3) is 0.182. The van der Waals surface area contributed by atoms with Crippen molar-refractivity contribution in [2.75, 3.05) is 5.48 Å². The molecule has 0 atom stereocenters. The van der Waals surface area contributed by atoms with Crippen LogP contribution in [0.15, 0.2) is 24.3 Å². The molecule has 0 aliphatic heterocycles. The predicted molar refractivity (Wildman–Crippen MR) is 60.0 cm³/mol.